The number of benzene rings is 2. The third kappa shape index (κ3) is 4.79. The molecule has 8 heteroatoms. The predicted molar refractivity (Wildman–Crippen MR) is 128 cm³/mol. The van der Waals surface area contributed by atoms with Gasteiger partial charge in [0.05, 0.1) is 23.3 Å². The van der Waals surface area contributed by atoms with Gasteiger partial charge in [0.2, 0.25) is 0 Å². The summed E-state index contributed by atoms with van der Waals surface area (Å²) < 4.78 is 1.78. The van der Waals surface area contributed by atoms with Crippen LogP contribution < -0.4 is 24.2 Å². The molecule has 0 bridgehead atoms. The molecule has 33 heavy (non-hydrogen) atoms. The summed E-state index contributed by atoms with van der Waals surface area (Å²) in [4.78, 5) is 13.1. The van der Waals surface area contributed by atoms with E-state index in [9.17, 15) is 10.1 Å². The van der Waals surface area contributed by atoms with Crippen molar-refractivity contribution in [2.45, 2.75) is 18.4 Å². The molecule has 0 aliphatic rings. The maximum Gasteiger partial charge on any atom is 1.00 e. The van der Waals surface area contributed by atoms with Gasteiger partial charge >= 0.3 is 18.9 Å². The molecule has 0 saturated heterocycles. The minimum atomic E-state index is -0.921. The van der Waals surface area contributed by atoms with Crippen LogP contribution in [0, 0.1) is 24.2 Å². The number of carbonyl (C=O) groups excluding carboxylic acids is 1. The molecule has 2 aromatic heterocycles. The molecule has 0 aliphatic heterocycles. The molecule has 2 atom stereocenters. The zero-order chi connectivity index (χ0) is 22.0. The normalized spacial score (nSPS) is 13.0. The second-order valence-electron chi connectivity index (χ2n) is 7.48. The number of fused-ring (bicyclic) bond motifs is 1. The van der Waals surface area contributed by atoms with Gasteiger partial charge in [-0.3, -0.25) is 11.0 Å². The van der Waals surface area contributed by atoms with E-state index in [1.807, 2.05) is 61.8 Å². The zero-order valence-electron chi connectivity index (χ0n) is 19.0. The van der Waals surface area contributed by atoms with Gasteiger partial charge in [-0.15, -0.1) is 11.3 Å². The van der Waals surface area contributed by atoms with Crippen LogP contribution in [0.25, 0.3) is 22.0 Å². The van der Waals surface area contributed by atoms with E-state index in [2.05, 4.69) is 29.1 Å². The van der Waals surface area contributed by atoms with Crippen molar-refractivity contribution in [3.05, 3.63) is 83.5 Å². The largest absolute Gasteiger partial charge is 1.00 e. The molecule has 2 aromatic carbocycles. The summed E-state index contributed by atoms with van der Waals surface area (Å²) in [6, 6.07) is 17.3. The van der Waals surface area contributed by atoms with Crippen LogP contribution in [0.5, 0.6) is 0 Å². The van der Waals surface area contributed by atoms with Crippen LogP contribution in [0.3, 0.4) is 0 Å². The first kappa shape index (κ1) is 26.1. The average molecular weight is 447 g/mol. The van der Waals surface area contributed by atoms with Crippen LogP contribution in [0.4, 0.5) is 0 Å². The van der Waals surface area contributed by atoms with Gasteiger partial charge in [-0.25, -0.2) is 0 Å². The third-order valence-electron chi connectivity index (χ3n) is 5.56. The summed E-state index contributed by atoms with van der Waals surface area (Å²) in [6.45, 7) is 1.87. The van der Waals surface area contributed by atoms with Crippen molar-refractivity contribution in [2.24, 2.45) is 7.05 Å². The Morgan fingerprint density at radius 2 is 2.03 bits per heavy atom. The van der Waals surface area contributed by atoms with Gasteiger partial charge in [-0.05, 0) is 47.7 Å². The average Bonchev–Trinajstić information content (AvgIpc) is 3.42. The van der Waals surface area contributed by atoms with Gasteiger partial charge in [0, 0.05) is 22.8 Å². The molecule has 0 saturated carbocycles. The summed E-state index contributed by atoms with van der Waals surface area (Å²) >= 11 is 1.49. The number of nitrogens with one attached hydrogen (secondary N) is 2. The van der Waals surface area contributed by atoms with E-state index >= 15 is 0 Å². The standard InChI is InChI=1S/C24H19N5OS.CH3.Li/c1-24(27-15-26,21(13-30)18-6-7-22-19(9-18)12-28-29(22)2)23-10-20(14-31-23)17-5-3-4-16(8-17)11-25;;/h3-10,12,14,21H,1-2H3,(H2,26,27);1H3;/q-2;-1;+1/t21-,24-;;/m0../s1. The topological polar surface area (TPSA) is 94.6 Å². The van der Waals surface area contributed by atoms with E-state index in [0.717, 1.165) is 32.5 Å². The molecule has 0 amide bonds. The van der Waals surface area contributed by atoms with Crippen LogP contribution in [0.1, 0.15) is 28.8 Å². The van der Waals surface area contributed by atoms with Gasteiger partial charge < -0.3 is 29.3 Å². The molecule has 2 N–H and O–H groups in total. The van der Waals surface area contributed by atoms with Crippen LogP contribution in [0.15, 0.2) is 60.1 Å². The van der Waals surface area contributed by atoms with Crippen molar-refractivity contribution < 1.29 is 23.7 Å². The Bertz CT molecular complexity index is 1320. The molecule has 4 aromatic rings. The van der Waals surface area contributed by atoms with Crippen molar-refractivity contribution in [2.75, 3.05) is 0 Å². The molecule has 162 valence electrons. The summed E-state index contributed by atoms with van der Waals surface area (Å²) in [5, 5.41) is 26.9. The molecule has 0 radical (unpaired) electrons. The maximum absolute atomic E-state index is 12.2. The Labute approximate surface area is 209 Å². The quantitative estimate of drug-likeness (QED) is 0.149. The number of hydrogen-bond acceptors (Lipinski definition) is 5. The molecule has 4 rings (SSSR count). The number of aromatic nitrogens is 2. The first-order valence-corrected chi connectivity index (χ1v) is 10.5. The number of thiophene rings is 1. The molecule has 0 unspecified atom stereocenters. The maximum atomic E-state index is 12.2. The van der Waals surface area contributed by atoms with Gasteiger partial charge in [0.25, 0.3) is 0 Å². The van der Waals surface area contributed by atoms with Crippen molar-refractivity contribution in [1.29, 1.82) is 10.7 Å². The minimum Gasteiger partial charge on any atom is -0.543 e. The van der Waals surface area contributed by atoms with Crippen LogP contribution in [-0.4, -0.2) is 22.4 Å². The van der Waals surface area contributed by atoms with Gasteiger partial charge in [-0.2, -0.15) is 10.4 Å². The van der Waals surface area contributed by atoms with Crippen molar-refractivity contribution >= 4 is 34.9 Å². The Balaban J connectivity index is 0.00000193. The van der Waals surface area contributed by atoms with Crippen LogP contribution in [0.2, 0.25) is 0 Å². The zero-order valence-corrected chi connectivity index (χ0v) is 19.8. The van der Waals surface area contributed by atoms with Crippen molar-refractivity contribution in [3.8, 4) is 17.2 Å². The van der Waals surface area contributed by atoms with Gasteiger partial charge in [0.1, 0.15) is 0 Å². The fourth-order valence-corrected chi connectivity index (χ4v) is 4.88. The number of aryl methyl sites for hydroxylation is 1. The number of nitrogens with zero attached hydrogens (tertiary/aromatic N) is 3. The Hall–Kier alpha value is -3.16. The van der Waals surface area contributed by atoms with Gasteiger partial charge in [-0.1, -0.05) is 35.7 Å². The monoisotopic (exact) mass is 447 g/mol. The van der Waals surface area contributed by atoms with E-state index < -0.39 is 11.5 Å². The number of hydrogen-bond donors (Lipinski definition) is 2. The molecular formula is C25H22LiN5OS-2. The van der Waals surface area contributed by atoms with Gasteiger partial charge in [0.15, 0.2) is 0 Å². The fourth-order valence-electron chi connectivity index (χ4n) is 3.82. The first-order chi connectivity index (χ1) is 15.0. The van der Waals surface area contributed by atoms with E-state index in [-0.39, 0.29) is 26.3 Å². The van der Waals surface area contributed by atoms with Crippen molar-refractivity contribution in [1.82, 2.24) is 15.1 Å². The van der Waals surface area contributed by atoms with E-state index in [1.54, 1.807) is 16.9 Å². The third-order valence-corrected chi connectivity index (χ3v) is 6.72. The van der Waals surface area contributed by atoms with Crippen molar-refractivity contribution in [3.63, 3.8) is 0 Å². The second kappa shape index (κ2) is 10.6. The summed E-state index contributed by atoms with van der Waals surface area (Å²) in [5.41, 5.74) is 3.28. The van der Waals surface area contributed by atoms with Crippen LogP contribution >= 0.6 is 11.3 Å². The number of rotatable bonds is 7. The molecule has 0 aliphatic carbocycles. The summed E-state index contributed by atoms with van der Waals surface area (Å²) in [6.07, 6.45) is 6.21. The Morgan fingerprint density at radius 3 is 2.73 bits per heavy atom. The molecule has 0 fully saturated rings. The summed E-state index contributed by atoms with van der Waals surface area (Å²) in [5.74, 6) is -0.674. The predicted octanol–water partition coefficient (Wildman–Crippen LogP) is 1.81. The minimum absolute atomic E-state index is 0. The Morgan fingerprint density at radius 1 is 1.24 bits per heavy atom. The smallest absolute Gasteiger partial charge is 0.543 e. The molecule has 6 nitrogen and oxygen atoms in total. The second-order valence-corrected chi connectivity index (χ2v) is 8.39. The first-order valence-electron chi connectivity index (χ1n) is 9.58. The van der Waals surface area contributed by atoms with Crippen LogP contribution in [-0.2, 0) is 17.4 Å². The summed E-state index contributed by atoms with van der Waals surface area (Å²) in [7, 11) is 1.87. The van der Waals surface area contributed by atoms with E-state index in [0.29, 0.717) is 5.56 Å². The fraction of sp³-hybridized carbons (Fsp3) is 0.160. The van der Waals surface area contributed by atoms with E-state index in [4.69, 9.17) is 5.41 Å². The molecule has 0 spiro atoms. The molecular weight excluding hydrogens is 425 g/mol. The van der Waals surface area contributed by atoms with E-state index in [1.165, 1.54) is 11.3 Å². The Kier molecular flexibility index (Phi) is 8.41. The SMILES string of the molecule is Cn1ncc2cc([C@H]([C-]=O)[C@](C)(N[C-]=N)c3cc(-c4cccc(C#N)c4)cs3)ccc21.[CH3-].[Li+]. The molecule has 2 heterocycles. The number of nitriles is 1.